The summed E-state index contributed by atoms with van der Waals surface area (Å²) in [5.74, 6) is -0.916. The van der Waals surface area contributed by atoms with Crippen molar-refractivity contribution < 1.29 is 14.7 Å². The normalized spacial score (nSPS) is 7.91. The van der Waals surface area contributed by atoms with Gasteiger partial charge in [-0.3, -0.25) is 4.79 Å². The zero-order chi connectivity index (χ0) is 8.69. The molecule has 0 heterocycles. The van der Waals surface area contributed by atoms with Crippen molar-refractivity contribution in [3.8, 4) is 6.07 Å². The molecule has 58 valence electrons. The quantitative estimate of drug-likeness (QED) is 0.360. The summed E-state index contributed by atoms with van der Waals surface area (Å²) in [6.07, 6.45) is 0.516. The van der Waals surface area contributed by atoms with Gasteiger partial charge in [0.25, 0.3) is 0 Å². The second-order valence-corrected chi connectivity index (χ2v) is 1.91. The van der Waals surface area contributed by atoms with E-state index >= 15 is 0 Å². The molecule has 0 fully saturated rings. The molecule has 1 N–H and O–H groups in total. The van der Waals surface area contributed by atoms with Gasteiger partial charge in [-0.25, -0.2) is 0 Å². The molecule has 11 heavy (non-hydrogen) atoms. The van der Waals surface area contributed by atoms with E-state index < -0.39 is 5.97 Å². The van der Waals surface area contributed by atoms with Crippen LogP contribution in [0.1, 0.15) is 19.3 Å². The van der Waals surface area contributed by atoms with Gasteiger partial charge >= 0.3 is 11.7 Å². The second-order valence-electron chi connectivity index (χ2n) is 1.91. The third-order valence-corrected chi connectivity index (χ3v) is 1.05. The van der Waals surface area contributed by atoms with Crippen LogP contribution >= 0.6 is 0 Å². The van der Waals surface area contributed by atoms with E-state index in [4.69, 9.17) is 15.9 Å². The minimum Gasteiger partial charge on any atom is -0.481 e. The van der Waals surface area contributed by atoms with Crippen LogP contribution in [-0.4, -0.2) is 21.6 Å². The number of hydrogen-bond acceptors (Lipinski definition) is 2. The minimum atomic E-state index is -0.916. The lowest BCUT2D eigenvalue weighted by atomic mass is 10.2. The molecule has 0 aromatic heterocycles. The maximum atomic E-state index is 9.97. The average Bonchev–Trinajstić information content (AvgIpc) is 1.98. The summed E-state index contributed by atoms with van der Waals surface area (Å²) >= 11 is 0. The van der Waals surface area contributed by atoms with Crippen molar-refractivity contribution in [3.05, 3.63) is 5.53 Å². The number of carboxylic acid groups (broad SMARTS) is 1. The molecule has 0 saturated heterocycles. The highest BCUT2D eigenvalue weighted by Crippen LogP contribution is 1.95. The molecular formula is C6H7N3O2. The zero-order valence-corrected chi connectivity index (χ0v) is 5.82. The molecule has 0 bridgehead atoms. The highest BCUT2D eigenvalue weighted by Gasteiger charge is 2.06. The number of nitrogens with zero attached hydrogens (tertiary/aromatic N) is 3. The fourth-order valence-corrected chi connectivity index (χ4v) is 0.535. The fraction of sp³-hybridized carbons (Fsp3) is 0.500. The van der Waals surface area contributed by atoms with Crippen LogP contribution in [-0.2, 0) is 4.79 Å². The molecule has 0 unspecified atom stereocenters. The first-order chi connectivity index (χ1) is 5.20. The molecule has 0 aliphatic carbocycles. The van der Waals surface area contributed by atoms with Gasteiger partial charge in [0.2, 0.25) is 0 Å². The Bertz CT molecular complexity index is 235. The lowest BCUT2D eigenvalue weighted by molar-refractivity contribution is -0.137. The first kappa shape index (κ1) is 9.34. The summed E-state index contributed by atoms with van der Waals surface area (Å²) in [4.78, 5) is 12.6. The Kier molecular flexibility index (Phi) is 4.37. The van der Waals surface area contributed by atoms with E-state index in [0.29, 0.717) is 6.42 Å². The van der Waals surface area contributed by atoms with Crippen LogP contribution < -0.4 is 0 Å². The number of carboxylic acids is 1. The molecular weight excluding hydrogens is 146 g/mol. The van der Waals surface area contributed by atoms with E-state index in [0.717, 1.165) is 0 Å². The molecule has 0 amide bonds. The average molecular weight is 153 g/mol. The Morgan fingerprint density at radius 1 is 1.64 bits per heavy atom. The number of nitriles is 1. The molecule has 0 radical (unpaired) electrons. The van der Waals surface area contributed by atoms with E-state index in [2.05, 4.69) is 4.79 Å². The van der Waals surface area contributed by atoms with Crippen LogP contribution in [0, 0.1) is 11.3 Å². The van der Waals surface area contributed by atoms with Gasteiger partial charge in [0.1, 0.15) is 0 Å². The predicted octanol–water partition coefficient (Wildman–Crippen LogP) is 0.436. The van der Waals surface area contributed by atoms with Gasteiger partial charge in [0, 0.05) is 6.42 Å². The maximum Gasteiger partial charge on any atom is 0.367 e. The summed E-state index contributed by atoms with van der Waals surface area (Å²) in [5, 5.41) is 16.4. The van der Waals surface area contributed by atoms with E-state index in [1.807, 2.05) is 0 Å². The molecule has 5 nitrogen and oxygen atoms in total. The predicted molar refractivity (Wildman–Crippen MR) is 35.7 cm³/mol. The van der Waals surface area contributed by atoms with Crippen molar-refractivity contribution in [2.75, 3.05) is 0 Å². The maximum absolute atomic E-state index is 9.97. The molecule has 0 atom stereocenters. The number of hydrogen-bond donors (Lipinski definition) is 1. The molecule has 0 rings (SSSR count). The van der Waals surface area contributed by atoms with E-state index in [-0.39, 0.29) is 18.6 Å². The lowest BCUT2D eigenvalue weighted by Crippen LogP contribution is -1.99. The van der Waals surface area contributed by atoms with E-state index in [1.165, 1.54) is 0 Å². The van der Waals surface area contributed by atoms with Crippen LogP contribution in [0.5, 0.6) is 0 Å². The zero-order valence-electron chi connectivity index (χ0n) is 5.82. The minimum absolute atomic E-state index is 0.0132. The number of aliphatic carboxylic acids is 1. The summed E-state index contributed by atoms with van der Waals surface area (Å²) in [6.45, 7) is 0. The van der Waals surface area contributed by atoms with Gasteiger partial charge in [0.05, 0.1) is 6.42 Å². The summed E-state index contributed by atoms with van der Waals surface area (Å²) < 4.78 is 0. The Morgan fingerprint density at radius 2 is 2.27 bits per heavy atom. The van der Waals surface area contributed by atoms with Crippen LogP contribution in [0.25, 0.3) is 5.53 Å². The van der Waals surface area contributed by atoms with Crippen molar-refractivity contribution in [2.24, 2.45) is 0 Å². The fourth-order valence-electron chi connectivity index (χ4n) is 0.535. The molecule has 5 heteroatoms. The van der Waals surface area contributed by atoms with Crippen molar-refractivity contribution >= 4 is 11.7 Å². The largest absolute Gasteiger partial charge is 0.481 e. The number of carbonyl (C=O) groups is 1. The first-order valence-corrected chi connectivity index (χ1v) is 3.03. The lowest BCUT2D eigenvalue weighted by Gasteiger charge is -1.86. The standard InChI is InChI=1S/C6H7N3O2/c7-4-5(9-8)2-1-3-6(10)11/h1-3H2,(H,10,11). The third-order valence-electron chi connectivity index (χ3n) is 1.05. The second kappa shape index (κ2) is 5.15. The summed E-state index contributed by atoms with van der Waals surface area (Å²) in [7, 11) is 0. The molecule has 0 spiro atoms. The van der Waals surface area contributed by atoms with Crippen LogP contribution in [0.15, 0.2) is 0 Å². The highest BCUT2D eigenvalue weighted by molar-refractivity contribution is 5.93. The van der Waals surface area contributed by atoms with Crippen LogP contribution in [0.4, 0.5) is 0 Å². The van der Waals surface area contributed by atoms with E-state index in [9.17, 15) is 4.79 Å². The van der Waals surface area contributed by atoms with Crippen LogP contribution in [0.3, 0.4) is 0 Å². The van der Waals surface area contributed by atoms with Gasteiger partial charge < -0.3 is 10.6 Å². The van der Waals surface area contributed by atoms with Crippen molar-refractivity contribution in [3.63, 3.8) is 0 Å². The van der Waals surface area contributed by atoms with Gasteiger partial charge in [-0.2, -0.15) is 10.1 Å². The molecule has 0 aliphatic heterocycles. The summed E-state index contributed by atoms with van der Waals surface area (Å²) in [6, 6.07) is 1.63. The smallest absolute Gasteiger partial charge is 0.367 e. The van der Waals surface area contributed by atoms with Gasteiger partial charge in [0.15, 0.2) is 6.07 Å². The monoisotopic (exact) mass is 153 g/mol. The Morgan fingerprint density at radius 3 is 2.64 bits per heavy atom. The van der Waals surface area contributed by atoms with E-state index in [1.54, 1.807) is 6.07 Å². The van der Waals surface area contributed by atoms with Crippen molar-refractivity contribution in [1.82, 2.24) is 0 Å². The summed E-state index contributed by atoms with van der Waals surface area (Å²) in [5.41, 5.74) is 8.07. The Hall–Kier alpha value is -1.66. The van der Waals surface area contributed by atoms with Gasteiger partial charge in [-0.05, 0) is 6.42 Å². The SMILES string of the molecule is N#CC(CCCC(=O)O)=[N+]=[N-]. The first-order valence-electron chi connectivity index (χ1n) is 3.03. The molecule has 0 aromatic rings. The highest BCUT2D eigenvalue weighted by atomic mass is 16.4. The number of rotatable bonds is 4. The third kappa shape index (κ3) is 4.82. The van der Waals surface area contributed by atoms with Crippen molar-refractivity contribution in [2.45, 2.75) is 19.3 Å². The van der Waals surface area contributed by atoms with Crippen molar-refractivity contribution in [1.29, 1.82) is 5.26 Å². The molecule has 0 aliphatic rings. The topological polar surface area (TPSA) is 97.5 Å². The van der Waals surface area contributed by atoms with Gasteiger partial charge in [-0.1, -0.05) is 0 Å². The Balaban J connectivity index is 3.64. The van der Waals surface area contributed by atoms with Crippen LogP contribution in [0.2, 0.25) is 0 Å². The van der Waals surface area contributed by atoms with Gasteiger partial charge in [-0.15, -0.1) is 0 Å². The molecule has 0 aromatic carbocycles. The Labute approximate surface area is 63.5 Å². The molecule has 0 saturated carbocycles.